The molecule has 11 N–H and O–H groups in total. The lowest BCUT2D eigenvalue weighted by molar-refractivity contribution is -0.140. The van der Waals surface area contributed by atoms with Crippen LogP contribution in [0.15, 0.2) is 0 Å². The Hall–Kier alpha value is -2.40. The average Bonchev–Trinajstić information content (AvgIpc) is 2.42. The van der Waals surface area contributed by atoms with Crippen molar-refractivity contribution in [1.82, 2.24) is 10.6 Å². The van der Waals surface area contributed by atoms with Gasteiger partial charge in [-0.15, -0.1) is 0 Å². The number of primary amides is 2. The molecule has 0 bridgehead atoms. The highest BCUT2D eigenvalue weighted by molar-refractivity contribution is 6.35. The van der Waals surface area contributed by atoms with E-state index >= 15 is 0 Å². The molecule has 128 valence electrons. The second kappa shape index (κ2) is 13.6. The molecule has 0 saturated carbocycles. The molecule has 0 aromatic heterocycles. The summed E-state index contributed by atoms with van der Waals surface area (Å²) >= 11 is 0. The van der Waals surface area contributed by atoms with E-state index in [9.17, 15) is 14.4 Å². The second-order valence-corrected chi connectivity index (χ2v) is 4.14. The zero-order valence-electron chi connectivity index (χ0n) is 12.2. The molecule has 0 aromatic carbocycles. The summed E-state index contributed by atoms with van der Waals surface area (Å²) in [7, 11) is 0. The molecule has 1 heterocycles. The van der Waals surface area contributed by atoms with E-state index in [1.807, 2.05) is 0 Å². The van der Waals surface area contributed by atoms with Crippen LogP contribution >= 0.6 is 0 Å². The number of urea groups is 1. The van der Waals surface area contributed by atoms with E-state index in [4.69, 9.17) is 21.4 Å². The molecular formula is C11H24N6O5. The summed E-state index contributed by atoms with van der Waals surface area (Å²) in [4.78, 5) is 39.7. The predicted molar refractivity (Wildman–Crippen MR) is 78.3 cm³/mol. The number of hydrogen-bond donors (Lipinski definition) is 7. The predicted octanol–water partition coefficient (Wildman–Crippen LogP) is -3.22. The van der Waals surface area contributed by atoms with Crippen molar-refractivity contribution in [2.45, 2.75) is 25.3 Å². The molecule has 0 spiro atoms. The van der Waals surface area contributed by atoms with Gasteiger partial charge in [-0.3, -0.25) is 14.4 Å². The number of piperazine rings is 1. The highest BCUT2D eigenvalue weighted by Gasteiger charge is 2.15. The van der Waals surface area contributed by atoms with Gasteiger partial charge in [-0.05, 0) is 19.4 Å². The molecule has 1 aliphatic rings. The van der Waals surface area contributed by atoms with Crippen LogP contribution in [-0.4, -0.2) is 54.6 Å². The van der Waals surface area contributed by atoms with Crippen LogP contribution in [0.4, 0.5) is 4.79 Å². The lowest BCUT2D eigenvalue weighted by Crippen LogP contribution is -2.49. The fourth-order valence-corrected chi connectivity index (χ4v) is 1.14. The van der Waals surface area contributed by atoms with Crippen molar-refractivity contribution in [3.63, 3.8) is 0 Å². The second-order valence-electron chi connectivity index (χ2n) is 4.14. The van der Waals surface area contributed by atoms with E-state index in [2.05, 4.69) is 22.1 Å². The summed E-state index contributed by atoms with van der Waals surface area (Å²) in [6, 6.07) is -1.55. The van der Waals surface area contributed by atoms with Gasteiger partial charge in [0.2, 0.25) is 0 Å². The molecule has 1 unspecified atom stereocenters. The lowest BCUT2D eigenvalue weighted by Gasteiger charge is -2.10. The van der Waals surface area contributed by atoms with Crippen molar-refractivity contribution in [2.24, 2.45) is 22.9 Å². The van der Waals surface area contributed by atoms with Gasteiger partial charge in [0.05, 0.1) is 0 Å². The summed E-state index contributed by atoms with van der Waals surface area (Å²) in [5.74, 6) is -2.00. The summed E-state index contributed by atoms with van der Waals surface area (Å²) < 4.78 is 0. The Labute approximate surface area is 127 Å². The van der Waals surface area contributed by atoms with Crippen LogP contribution in [0, 0.1) is 0 Å². The van der Waals surface area contributed by atoms with E-state index in [0.717, 1.165) is 12.8 Å². The maximum atomic E-state index is 10.3. The molecule has 0 aliphatic carbocycles. The Morgan fingerprint density at radius 2 is 1.50 bits per heavy atom. The maximum absolute atomic E-state index is 10.3. The smallest absolute Gasteiger partial charge is 0.320 e. The van der Waals surface area contributed by atoms with E-state index in [-0.39, 0.29) is 0 Å². The molecule has 1 atom stereocenters. The van der Waals surface area contributed by atoms with E-state index in [0.29, 0.717) is 26.1 Å². The molecule has 1 fully saturated rings. The fourth-order valence-electron chi connectivity index (χ4n) is 1.14. The van der Waals surface area contributed by atoms with Gasteiger partial charge in [0.25, 0.3) is 0 Å². The largest absolute Gasteiger partial charge is 0.480 e. The van der Waals surface area contributed by atoms with Gasteiger partial charge in [-0.1, -0.05) is 6.42 Å². The number of rotatable bonds is 5. The Kier molecular flexibility index (Phi) is 13.5. The zero-order chi connectivity index (χ0) is 17.5. The summed E-state index contributed by atoms with van der Waals surface area (Å²) in [5, 5.41) is 13.1. The Bertz CT molecular complexity index is 356. The topological polar surface area (TPSA) is 217 Å². The summed E-state index contributed by atoms with van der Waals surface area (Å²) in [6.07, 6.45) is 2.16. The van der Waals surface area contributed by atoms with Crippen molar-refractivity contribution in [1.29, 1.82) is 0 Å². The number of amides is 4. The SMILES string of the molecule is NC(N)=O.NCCCCC(N)C(=O)O.O=C1NCCNC1=O. The summed E-state index contributed by atoms with van der Waals surface area (Å²) in [5.41, 5.74) is 18.9. The summed E-state index contributed by atoms with van der Waals surface area (Å²) in [6.45, 7) is 1.70. The molecule has 1 saturated heterocycles. The number of nitrogens with one attached hydrogen (secondary N) is 2. The number of aliphatic carboxylic acids is 1. The first-order valence-electron chi connectivity index (χ1n) is 6.51. The molecule has 11 heteroatoms. The monoisotopic (exact) mass is 320 g/mol. The van der Waals surface area contributed by atoms with Crippen molar-refractivity contribution in [2.75, 3.05) is 19.6 Å². The van der Waals surface area contributed by atoms with Crippen molar-refractivity contribution >= 4 is 23.8 Å². The van der Waals surface area contributed by atoms with Gasteiger partial charge in [0, 0.05) is 13.1 Å². The van der Waals surface area contributed by atoms with Crippen LogP contribution in [0.3, 0.4) is 0 Å². The highest BCUT2D eigenvalue weighted by Crippen LogP contribution is 1.96. The van der Waals surface area contributed by atoms with Crippen LogP contribution in [0.25, 0.3) is 0 Å². The fraction of sp³-hybridized carbons (Fsp3) is 0.636. The van der Waals surface area contributed by atoms with Crippen molar-refractivity contribution in [3.05, 3.63) is 0 Å². The van der Waals surface area contributed by atoms with E-state index < -0.39 is 29.9 Å². The molecular weight excluding hydrogens is 296 g/mol. The molecule has 22 heavy (non-hydrogen) atoms. The zero-order valence-corrected chi connectivity index (χ0v) is 12.2. The first-order chi connectivity index (χ1) is 10.2. The van der Waals surface area contributed by atoms with Gasteiger partial charge in [-0.25, -0.2) is 4.79 Å². The molecule has 1 aliphatic heterocycles. The van der Waals surface area contributed by atoms with E-state index in [1.165, 1.54) is 0 Å². The average molecular weight is 320 g/mol. The third-order valence-corrected chi connectivity index (χ3v) is 2.19. The quantitative estimate of drug-likeness (QED) is 0.203. The van der Waals surface area contributed by atoms with Gasteiger partial charge >= 0.3 is 23.8 Å². The van der Waals surface area contributed by atoms with Gasteiger partial charge < -0.3 is 38.7 Å². The maximum Gasteiger partial charge on any atom is 0.320 e. The van der Waals surface area contributed by atoms with Crippen LogP contribution in [0.2, 0.25) is 0 Å². The van der Waals surface area contributed by atoms with Gasteiger partial charge in [-0.2, -0.15) is 0 Å². The lowest BCUT2D eigenvalue weighted by atomic mass is 10.1. The minimum absolute atomic E-state index is 0.520. The van der Waals surface area contributed by atoms with Crippen LogP contribution < -0.4 is 33.6 Å². The number of nitrogens with two attached hydrogens (primary N) is 4. The standard InChI is InChI=1S/C6H14N2O2.C4H6N2O2.CH4N2O/c7-4-2-1-3-5(8)6(9)10;7-3-4(8)6-2-1-5-3;2-1(3)4/h5H,1-4,7-8H2,(H,9,10);1-2H2,(H,5,7)(H,6,8);(H4,2,3,4). The third kappa shape index (κ3) is 15.7. The number of carboxylic acids is 1. The molecule has 0 radical (unpaired) electrons. The number of carboxylic acid groups (broad SMARTS) is 1. The van der Waals surface area contributed by atoms with Crippen molar-refractivity contribution in [3.8, 4) is 0 Å². The van der Waals surface area contributed by atoms with Crippen LogP contribution in [0.1, 0.15) is 19.3 Å². The van der Waals surface area contributed by atoms with Gasteiger partial charge in [0.1, 0.15) is 6.04 Å². The molecule has 0 aromatic rings. The minimum Gasteiger partial charge on any atom is -0.480 e. The van der Waals surface area contributed by atoms with Gasteiger partial charge in [0.15, 0.2) is 0 Å². The molecule has 11 nitrogen and oxygen atoms in total. The Morgan fingerprint density at radius 3 is 1.77 bits per heavy atom. The first kappa shape index (κ1) is 21.9. The first-order valence-corrected chi connectivity index (χ1v) is 6.51. The number of carbonyl (C=O) groups excluding carboxylic acids is 3. The molecule has 4 amide bonds. The van der Waals surface area contributed by atoms with Crippen LogP contribution in [0.5, 0.6) is 0 Å². The van der Waals surface area contributed by atoms with E-state index in [1.54, 1.807) is 0 Å². The number of hydrogen-bond acceptors (Lipinski definition) is 6. The molecule has 1 rings (SSSR count). The number of unbranched alkanes of at least 4 members (excludes halogenated alkanes) is 1. The Morgan fingerprint density at radius 1 is 1.09 bits per heavy atom. The number of carbonyl (C=O) groups is 4. The highest BCUT2D eigenvalue weighted by atomic mass is 16.4. The normalized spacial score (nSPS) is 14.1. The third-order valence-electron chi connectivity index (χ3n) is 2.19. The van der Waals surface area contributed by atoms with Crippen molar-refractivity contribution < 1.29 is 24.3 Å². The Balaban J connectivity index is 0. The van der Waals surface area contributed by atoms with Crippen LogP contribution in [-0.2, 0) is 14.4 Å². The minimum atomic E-state index is -0.933.